The first-order valence-corrected chi connectivity index (χ1v) is 10.3. The first-order valence-electron chi connectivity index (χ1n) is 10.3. The molecular weight excluding hydrogens is 402 g/mol. The van der Waals surface area contributed by atoms with Crippen LogP contribution in [0.25, 0.3) is 17.1 Å². The normalized spacial score (nSPS) is 11.1. The van der Waals surface area contributed by atoms with E-state index >= 15 is 0 Å². The van der Waals surface area contributed by atoms with Gasteiger partial charge in [-0.2, -0.15) is 0 Å². The lowest BCUT2D eigenvalue weighted by Gasteiger charge is -2.07. The van der Waals surface area contributed by atoms with Crippen molar-refractivity contribution in [2.24, 2.45) is 0 Å². The van der Waals surface area contributed by atoms with E-state index < -0.39 is 0 Å². The van der Waals surface area contributed by atoms with Crippen LogP contribution in [0.3, 0.4) is 0 Å². The molecule has 4 aromatic rings. The summed E-state index contributed by atoms with van der Waals surface area (Å²) in [5.74, 6) is 1.18. The molecule has 0 saturated heterocycles. The fourth-order valence-corrected chi connectivity index (χ4v) is 3.44. The molecular formula is C26H25N3O3. The Morgan fingerprint density at radius 3 is 2.38 bits per heavy atom. The standard InChI is InChI=1S/C26H25N3O3/c1-31-22-13-21(14-23(15-22)32-2)11-12-26(30)27-16-19-7-9-20(10-8-19)17-29-18-28-24-5-3-4-6-25(24)29/h3-15,18H,16-17H2,1-2H3,(H,27,30)/b12-11+. The molecule has 0 saturated carbocycles. The molecule has 0 radical (unpaired) electrons. The minimum absolute atomic E-state index is 0.166. The summed E-state index contributed by atoms with van der Waals surface area (Å²) in [6, 6.07) is 21.8. The van der Waals surface area contributed by atoms with Gasteiger partial charge in [-0.1, -0.05) is 36.4 Å². The molecule has 1 amide bonds. The molecule has 6 nitrogen and oxygen atoms in total. The largest absolute Gasteiger partial charge is 0.497 e. The zero-order chi connectivity index (χ0) is 22.3. The number of rotatable bonds is 8. The molecule has 6 heteroatoms. The summed E-state index contributed by atoms with van der Waals surface area (Å²) in [5.41, 5.74) is 5.15. The Kier molecular flexibility index (Phi) is 6.51. The number of amides is 1. The molecule has 3 aromatic carbocycles. The van der Waals surface area contributed by atoms with Crippen LogP contribution in [0.4, 0.5) is 0 Å². The summed E-state index contributed by atoms with van der Waals surface area (Å²) >= 11 is 0. The third kappa shape index (κ3) is 5.16. The predicted molar refractivity (Wildman–Crippen MR) is 126 cm³/mol. The highest BCUT2D eigenvalue weighted by atomic mass is 16.5. The molecule has 0 spiro atoms. The molecule has 0 aliphatic heterocycles. The molecule has 4 rings (SSSR count). The Morgan fingerprint density at radius 2 is 1.66 bits per heavy atom. The average molecular weight is 428 g/mol. The van der Waals surface area contributed by atoms with Gasteiger partial charge in [0.25, 0.3) is 0 Å². The Bertz CT molecular complexity index is 1220. The number of fused-ring (bicyclic) bond motifs is 1. The number of hydrogen-bond acceptors (Lipinski definition) is 4. The fourth-order valence-electron chi connectivity index (χ4n) is 3.44. The molecule has 1 N–H and O–H groups in total. The van der Waals surface area contributed by atoms with Gasteiger partial charge in [0.15, 0.2) is 0 Å². The molecule has 0 atom stereocenters. The van der Waals surface area contributed by atoms with Crippen molar-refractivity contribution in [1.82, 2.24) is 14.9 Å². The van der Waals surface area contributed by atoms with Gasteiger partial charge in [-0.25, -0.2) is 4.98 Å². The highest BCUT2D eigenvalue weighted by molar-refractivity contribution is 5.91. The van der Waals surface area contributed by atoms with Crippen molar-refractivity contribution >= 4 is 23.0 Å². The number of methoxy groups -OCH3 is 2. The Labute approximate surface area is 187 Å². The summed E-state index contributed by atoms with van der Waals surface area (Å²) in [7, 11) is 3.19. The number of imidazole rings is 1. The van der Waals surface area contributed by atoms with E-state index in [-0.39, 0.29) is 5.91 Å². The number of carbonyl (C=O) groups is 1. The van der Waals surface area contributed by atoms with E-state index in [1.165, 1.54) is 11.6 Å². The van der Waals surface area contributed by atoms with Crippen molar-refractivity contribution in [1.29, 1.82) is 0 Å². The van der Waals surface area contributed by atoms with E-state index in [1.807, 2.05) is 48.8 Å². The quantitative estimate of drug-likeness (QED) is 0.423. The molecule has 0 aliphatic carbocycles. The van der Waals surface area contributed by atoms with Crippen LogP contribution in [0.5, 0.6) is 11.5 Å². The molecule has 0 bridgehead atoms. The van der Waals surface area contributed by atoms with Gasteiger partial charge in [0, 0.05) is 25.2 Å². The lowest BCUT2D eigenvalue weighted by Crippen LogP contribution is -2.20. The van der Waals surface area contributed by atoms with E-state index in [0.717, 1.165) is 28.7 Å². The van der Waals surface area contributed by atoms with Gasteiger partial charge in [-0.05, 0) is 47.0 Å². The van der Waals surface area contributed by atoms with E-state index in [0.29, 0.717) is 18.0 Å². The van der Waals surface area contributed by atoms with Crippen LogP contribution in [-0.2, 0) is 17.9 Å². The smallest absolute Gasteiger partial charge is 0.244 e. The summed E-state index contributed by atoms with van der Waals surface area (Å²) < 4.78 is 12.6. The van der Waals surface area contributed by atoms with E-state index in [1.54, 1.807) is 26.4 Å². The second kappa shape index (κ2) is 9.83. The third-order valence-corrected chi connectivity index (χ3v) is 5.17. The number of nitrogens with one attached hydrogen (secondary N) is 1. The molecule has 162 valence electrons. The number of ether oxygens (including phenoxy) is 2. The van der Waals surface area contributed by atoms with Crippen LogP contribution >= 0.6 is 0 Å². The van der Waals surface area contributed by atoms with Crippen molar-refractivity contribution in [3.63, 3.8) is 0 Å². The van der Waals surface area contributed by atoms with Crippen LogP contribution in [0.1, 0.15) is 16.7 Å². The summed E-state index contributed by atoms with van der Waals surface area (Å²) in [6.45, 7) is 1.21. The number of hydrogen-bond donors (Lipinski definition) is 1. The van der Waals surface area contributed by atoms with Gasteiger partial charge in [0.2, 0.25) is 5.91 Å². The second-order valence-corrected chi connectivity index (χ2v) is 7.37. The Hall–Kier alpha value is -4.06. The van der Waals surface area contributed by atoms with Crippen molar-refractivity contribution in [3.05, 3.63) is 95.8 Å². The van der Waals surface area contributed by atoms with Crippen LogP contribution in [0, 0.1) is 0 Å². The van der Waals surface area contributed by atoms with Crippen molar-refractivity contribution in [2.45, 2.75) is 13.1 Å². The van der Waals surface area contributed by atoms with Gasteiger partial charge in [-0.15, -0.1) is 0 Å². The van der Waals surface area contributed by atoms with Crippen molar-refractivity contribution < 1.29 is 14.3 Å². The van der Waals surface area contributed by atoms with Crippen molar-refractivity contribution in [3.8, 4) is 11.5 Å². The third-order valence-electron chi connectivity index (χ3n) is 5.17. The first kappa shape index (κ1) is 21.2. The Morgan fingerprint density at radius 1 is 0.969 bits per heavy atom. The second-order valence-electron chi connectivity index (χ2n) is 7.37. The number of benzene rings is 3. The maximum atomic E-state index is 12.2. The predicted octanol–water partition coefficient (Wildman–Crippen LogP) is 4.43. The highest BCUT2D eigenvalue weighted by Crippen LogP contribution is 2.23. The SMILES string of the molecule is COc1cc(/C=C/C(=O)NCc2ccc(Cn3cnc4ccccc43)cc2)cc(OC)c1. The van der Waals surface area contributed by atoms with Crippen LogP contribution in [-0.4, -0.2) is 29.7 Å². The Balaban J connectivity index is 1.33. The van der Waals surface area contributed by atoms with Gasteiger partial charge in [-0.3, -0.25) is 4.79 Å². The van der Waals surface area contributed by atoms with E-state index in [2.05, 4.69) is 33.1 Å². The molecule has 1 heterocycles. The van der Waals surface area contributed by atoms with E-state index in [4.69, 9.17) is 9.47 Å². The molecule has 0 unspecified atom stereocenters. The molecule has 1 aromatic heterocycles. The maximum absolute atomic E-state index is 12.2. The van der Waals surface area contributed by atoms with Gasteiger partial charge >= 0.3 is 0 Å². The number of para-hydroxylation sites is 2. The fraction of sp³-hybridized carbons (Fsp3) is 0.154. The summed E-state index contributed by atoms with van der Waals surface area (Å²) in [6.07, 6.45) is 5.11. The molecule has 0 aliphatic rings. The molecule has 0 fully saturated rings. The lowest BCUT2D eigenvalue weighted by atomic mass is 10.1. The minimum atomic E-state index is -0.166. The molecule has 32 heavy (non-hydrogen) atoms. The van der Waals surface area contributed by atoms with E-state index in [9.17, 15) is 4.79 Å². The number of nitrogens with zero attached hydrogens (tertiary/aromatic N) is 2. The van der Waals surface area contributed by atoms with Crippen molar-refractivity contribution in [2.75, 3.05) is 14.2 Å². The van der Waals surface area contributed by atoms with Crippen LogP contribution in [0.15, 0.2) is 79.1 Å². The van der Waals surface area contributed by atoms with Gasteiger partial charge < -0.3 is 19.4 Å². The summed E-state index contributed by atoms with van der Waals surface area (Å²) in [5, 5.41) is 2.91. The number of carbonyl (C=O) groups excluding carboxylic acids is 1. The zero-order valence-corrected chi connectivity index (χ0v) is 18.1. The topological polar surface area (TPSA) is 65.4 Å². The minimum Gasteiger partial charge on any atom is -0.497 e. The average Bonchev–Trinajstić information content (AvgIpc) is 3.24. The van der Waals surface area contributed by atoms with Crippen LogP contribution < -0.4 is 14.8 Å². The lowest BCUT2D eigenvalue weighted by molar-refractivity contribution is -0.116. The number of aromatic nitrogens is 2. The van der Waals surface area contributed by atoms with Crippen LogP contribution in [0.2, 0.25) is 0 Å². The zero-order valence-electron chi connectivity index (χ0n) is 18.1. The monoisotopic (exact) mass is 427 g/mol. The maximum Gasteiger partial charge on any atom is 0.244 e. The first-order chi connectivity index (χ1) is 15.6. The van der Waals surface area contributed by atoms with Gasteiger partial charge in [0.05, 0.1) is 31.6 Å². The summed E-state index contributed by atoms with van der Waals surface area (Å²) in [4.78, 5) is 16.7. The highest BCUT2D eigenvalue weighted by Gasteiger charge is 2.04. The van der Waals surface area contributed by atoms with Gasteiger partial charge in [0.1, 0.15) is 11.5 Å².